The standard InChI is InChI=1S/C18H21N5OS/c1-12-10-23(11-13(2)24-12)18-20-9-14(15-5-4-8-25-15)16(21-18)17-19-6-7-22(17)3/h4-9,12-13H,10-11H2,1-3H3/t12-,13-/m1/s1. The summed E-state index contributed by atoms with van der Waals surface area (Å²) in [7, 11) is 1.99. The van der Waals surface area contributed by atoms with E-state index in [-0.39, 0.29) is 12.2 Å². The minimum atomic E-state index is 0.168. The summed E-state index contributed by atoms with van der Waals surface area (Å²) in [6.45, 7) is 5.76. The molecule has 0 aromatic carbocycles. The van der Waals surface area contributed by atoms with Crippen LogP contribution in [0.5, 0.6) is 0 Å². The van der Waals surface area contributed by atoms with E-state index in [1.165, 1.54) is 0 Å². The zero-order chi connectivity index (χ0) is 17.4. The number of thiophene rings is 1. The molecular weight excluding hydrogens is 334 g/mol. The summed E-state index contributed by atoms with van der Waals surface area (Å²) in [5.41, 5.74) is 1.88. The second-order valence-electron chi connectivity index (χ2n) is 6.43. The van der Waals surface area contributed by atoms with Crippen LogP contribution in [-0.4, -0.2) is 44.8 Å². The monoisotopic (exact) mass is 355 g/mol. The fraction of sp³-hybridized carbons (Fsp3) is 0.389. The van der Waals surface area contributed by atoms with Gasteiger partial charge in [-0.1, -0.05) is 6.07 Å². The molecule has 3 aromatic rings. The molecule has 0 unspecified atom stereocenters. The van der Waals surface area contributed by atoms with Crippen LogP contribution in [0.4, 0.5) is 5.95 Å². The molecule has 0 radical (unpaired) electrons. The Balaban J connectivity index is 1.80. The summed E-state index contributed by atoms with van der Waals surface area (Å²) >= 11 is 1.68. The quantitative estimate of drug-likeness (QED) is 0.722. The second kappa shape index (κ2) is 6.57. The van der Waals surface area contributed by atoms with Crippen LogP contribution in [0.1, 0.15) is 13.8 Å². The van der Waals surface area contributed by atoms with Gasteiger partial charge in [-0.25, -0.2) is 15.0 Å². The van der Waals surface area contributed by atoms with E-state index in [2.05, 4.69) is 40.2 Å². The lowest BCUT2D eigenvalue weighted by atomic mass is 10.2. The molecule has 1 fully saturated rings. The minimum Gasteiger partial charge on any atom is -0.372 e. The van der Waals surface area contributed by atoms with Crippen molar-refractivity contribution in [2.45, 2.75) is 26.1 Å². The molecule has 0 aliphatic carbocycles. The van der Waals surface area contributed by atoms with E-state index in [4.69, 9.17) is 9.72 Å². The number of morpholine rings is 1. The van der Waals surface area contributed by atoms with Gasteiger partial charge in [-0.15, -0.1) is 11.3 Å². The maximum Gasteiger partial charge on any atom is 0.226 e. The summed E-state index contributed by atoms with van der Waals surface area (Å²) < 4.78 is 7.82. The van der Waals surface area contributed by atoms with Crippen molar-refractivity contribution in [3.8, 4) is 22.0 Å². The molecule has 0 amide bonds. The van der Waals surface area contributed by atoms with Gasteiger partial charge in [-0.05, 0) is 25.3 Å². The third kappa shape index (κ3) is 3.17. The highest BCUT2D eigenvalue weighted by Crippen LogP contribution is 2.33. The molecule has 130 valence electrons. The lowest BCUT2D eigenvalue weighted by Gasteiger charge is -2.35. The maximum atomic E-state index is 5.83. The molecule has 1 saturated heterocycles. The van der Waals surface area contributed by atoms with Crippen LogP contribution in [0.2, 0.25) is 0 Å². The number of anilines is 1. The van der Waals surface area contributed by atoms with E-state index in [0.29, 0.717) is 0 Å². The van der Waals surface area contributed by atoms with Crippen LogP contribution >= 0.6 is 11.3 Å². The number of hydrogen-bond acceptors (Lipinski definition) is 6. The Kier molecular flexibility index (Phi) is 4.27. The summed E-state index contributed by atoms with van der Waals surface area (Å²) in [6.07, 6.45) is 5.99. The molecular formula is C18H21N5OS. The average molecular weight is 355 g/mol. The molecule has 25 heavy (non-hydrogen) atoms. The predicted octanol–water partition coefficient (Wildman–Crippen LogP) is 3.22. The molecule has 0 spiro atoms. The van der Waals surface area contributed by atoms with Crippen molar-refractivity contribution in [2.24, 2.45) is 7.05 Å². The van der Waals surface area contributed by atoms with Crippen molar-refractivity contribution in [3.63, 3.8) is 0 Å². The van der Waals surface area contributed by atoms with Gasteiger partial charge in [0.1, 0.15) is 5.69 Å². The van der Waals surface area contributed by atoms with E-state index in [9.17, 15) is 0 Å². The molecule has 2 atom stereocenters. The SMILES string of the molecule is C[C@@H]1CN(c2ncc(-c3cccs3)c(-c3nccn3C)n2)C[C@@H](C)O1. The highest BCUT2D eigenvalue weighted by atomic mass is 32.1. The predicted molar refractivity (Wildman–Crippen MR) is 99.8 cm³/mol. The Hall–Kier alpha value is -2.25. The van der Waals surface area contributed by atoms with Gasteiger partial charge in [-0.2, -0.15) is 0 Å². The van der Waals surface area contributed by atoms with Gasteiger partial charge in [0.15, 0.2) is 5.82 Å². The number of hydrogen-bond donors (Lipinski definition) is 0. The van der Waals surface area contributed by atoms with Crippen LogP contribution in [-0.2, 0) is 11.8 Å². The number of ether oxygens (including phenoxy) is 1. The van der Waals surface area contributed by atoms with E-state index in [1.54, 1.807) is 17.5 Å². The fourth-order valence-corrected chi connectivity index (χ4v) is 3.98. The van der Waals surface area contributed by atoms with Crippen molar-refractivity contribution in [1.82, 2.24) is 19.5 Å². The van der Waals surface area contributed by atoms with E-state index < -0.39 is 0 Å². The van der Waals surface area contributed by atoms with Gasteiger partial charge in [0.2, 0.25) is 5.95 Å². The van der Waals surface area contributed by atoms with Crippen molar-refractivity contribution in [1.29, 1.82) is 0 Å². The van der Waals surface area contributed by atoms with Crippen molar-refractivity contribution in [2.75, 3.05) is 18.0 Å². The fourth-order valence-electron chi connectivity index (χ4n) is 3.24. The maximum absolute atomic E-state index is 5.83. The number of imidazole rings is 1. The van der Waals surface area contributed by atoms with Crippen molar-refractivity contribution in [3.05, 3.63) is 36.1 Å². The molecule has 1 aliphatic rings. The lowest BCUT2D eigenvalue weighted by molar-refractivity contribution is -0.00571. The van der Waals surface area contributed by atoms with Crippen molar-refractivity contribution < 1.29 is 4.74 Å². The summed E-state index contributed by atoms with van der Waals surface area (Å²) in [4.78, 5) is 17.4. The van der Waals surface area contributed by atoms with E-state index in [0.717, 1.165) is 41.0 Å². The Morgan fingerprint density at radius 3 is 2.64 bits per heavy atom. The van der Waals surface area contributed by atoms with Crippen LogP contribution in [0.3, 0.4) is 0 Å². The van der Waals surface area contributed by atoms with Crippen molar-refractivity contribution >= 4 is 17.3 Å². The molecule has 1 aliphatic heterocycles. The first-order chi connectivity index (χ1) is 12.1. The first-order valence-corrected chi connectivity index (χ1v) is 9.29. The van der Waals surface area contributed by atoms with Gasteiger partial charge in [0.25, 0.3) is 0 Å². The number of nitrogens with zero attached hydrogens (tertiary/aromatic N) is 5. The largest absolute Gasteiger partial charge is 0.372 e. The Bertz CT molecular complexity index is 850. The van der Waals surface area contributed by atoms with Gasteiger partial charge in [-0.3, -0.25) is 0 Å². The minimum absolute atomic E-state index is 0.168. The number of aromatic nitrogens is 4. The average Bonchev–Trinajstić information content (AvgIpc) is 3.25. The van der Waals surface area contributed by atoms with Crippen LogP contribution < -0.4 is 4.90 Å². The molecule has 0 N–H and O–H groups in total. The molecule has 4 rings (SSSR count). The Morgan fingerprint density at radius 2 is 2.00 bits per heavy atom. The second-order valence-corrected chi connectivity index (χ2v) is 7.38. The summed E-state index contributed by atoms with van der Waals surface area (Å²) in [5.74, 6) is 1.58. The van der Waals surface area contributed by atoms with Crippen LogP contribution in [0.15, 0.2) is 36.1 Å². The van der Waals surface area contributed by atoms with Crippen LogP contribution in [0, 0.1) is 0 Å². The normalized spacial score (nSPS) is 20.8. The molecule has 6 nitrogen and oxygen atoms in total. The van der Waals surface area contributed by atoms with Gasteiger partial charge < -0.3 is 14.2 Å². The first-order valence-electron chi connectivity index (χ1n) is 8.41. The molecule has 4 heterocycles. The third-order valence-electron chi connectivity index (χ3n) is 4.30. The Morgan fingerprint density at radius 1 is 1.20 bits per heavy atom. The summed E-state index contributed by atoms with van der Waals surface area (Å²) in [6, 6.07) is 4.13. The molecule has 0 bridgehead atoms. The van der Waals surface area contributed by atoms with E-state index >= 15 is 0 Å². The molecule has 3 aromatic heterocycles. The smallest absolute Gasteiger partial charge is 0.226 e. The van der Waals surface area contributed by atoms with Gasteiger partial charge in [0, 0.05) is 49.2 Å². The molecule has 7 heteroatoms. The Labute approximate surface area is 151 Å². The zero-order valence-electron chi connectivity index (χ0n) is 14.6. The zero-order valence-corrected chi connectivity index (χ0v) is 15.4. The number of aryl methyl sites for hydroxylation is 1. The van der Waals surface area contributed by atoms with Gasteiger partial charge in [0.05, 0.1) is 12.2 Å². The highest BCUT2D eigenvalue weighted by Gasteiger charge is 2.25. The topological polar surface area (TPSA) is 56.1 Å². The van der Waals surface area contributed by atoms with Crippen LogP contribution in [0.25, 0.3) is 22.0 Å². The first kappa shape index (κ1) is 16.2. The lowest BCUT2D eigenvalue weighted by Crippen LogP contribution is -2.46. The number of rotatable bonds is 3. The highest BCUT2D eigenvalue weighted by molar-refractivity contribution is 7.13. The summed E-state index contributed by atoms with van der Waals surface area (Å²) in [5, 5.41) is 2.07. The third-order valence-corrected chi connectivity index (χ3v) is 5.20. The van der Waals surface area contributed by atoms with E-state index in [1.807, 2.05) is 30.1 Å². The van der Waals surface area contributed by atoms with Gasteiger partial charge >= 0.3 is 0 Å². The molecule has 0 saturated carbocycles.